The minimum Gasteiger partial charge on any atom is -0.330 e. The Labute approximate surface area is 117 Å². The molecule has 1 atom stereocenters. The molecule has 102 valence electrons. The number of H-pyrrole nitrogens is 1. The fourth-order valence-electron chi connectivity index (χ4n) is 3.31. The van der Waals surface area contributed by atoms with Gasteiger partial charge in [-0.2, -0.15) is 0 Å². The third-order valence-electron chi connectivity index (χ3n) is 4.49. The average molecular weight is 278 g/mol. The number of hydrogen-bond acceptors (Lipinski definition) is 1. The molecule has 1 aliphatic rings. The second kappa shape index (κ2) is 4.75. The van der Waals surface area contributed by atoms with Gasteiger partial charge in [0.05, 0.1) is 11.0 Å². The van der Waals surface area contributed by atoms with E-state index in [9.17, 15) is 4.39 Å². The number of benzene rings is 1. The van der Waals surface area contributed by atoms with Gasteiger partial charge in [0, 0.05) is 6.04 Å². The molecular formula is C15H19FN2S. The molecule has 0 aliphatic heterocycles. The molecule has 3 rings (SSSR count). The molecule has 0 radical (unpaired) electrons. The van der Waals surface area contributed by atoms with Gasteiger partial charge in [-0.05, 0) is 62.5 Å². The minimum absolute atomic E-state index is 0.176. The standard InChI is InChI=1S/C15H19FN2S/c1-9-7-14-13(8-12(9)16)17-15(19)18(14)10(2)11-5-3-4-6-11/h7-8,10-11H,3-6H2,1-2H3,(H,17,19). The van der Waals surface area contributed by atoms with Crippen LogP contribution in [0.25, 0.3) is 11.0 Å². The highest BCUT2D eigenvalue weighted by Crippen LogP contribution is 2.36. The maximum atomic E-state index is 13.6. The van der Waals surface area contributed by atoms with Crippen molar-refractivity contribution < 1.29 is 4.39 Å². The van der Waals surface area contributed by atoms with Crippen LogP contribution in [-0.4, -0.2) is 9.55 Å². The van der Waals surface area contributed by atoms with Crippen molar-refractivity contribution in [3.05, 3.63) is 28.3 Å². The summed E-state index contributed by atoms with van der Waals surface area (Å²) in [6, 6.07) is 3.84. The van der Waals surface area contributed by atoms with Gasteiger partial charge in [-0.1, -0.05) is 12.8 Å². The smallest absolute Gasteiger partial charge is 0.178 e. The van der Waals surface area contributed by atoms with E-state index in [1.165, 1.54) is 25.7 Å². The van der Waals surface area contributed by atoms with Crippen molar-refractivity contribution in [2.24, 2.45) is 5.92 Å². The number of aryl methyl sites for hydroxylation is 1. The zero-order valence-electron chi connectivity index (χ0n) is 11.4. The first kappa shape index (κ1) is 12.9. The van der Waals surface area contributed by atoms with Crippen LogP contribution in [0.2, 0.25) is 0 Å². The molecule has 0 spiro atoms. The van der Waals surface area contributed by atoms with Crippen LogP contribution in [-0.2, 0) is 0 Å². The Morgan fingerprint density at radius 1 is 1.37 bits per heavy atom. The number of aromatic amines is 1. The van der Waals surface area contributed by atoms with E-state index in [1.54, 1.807) is 13.0 Å². The fourth-order valence-corrected chi connectivity index (χ4v) is 3.68. The van der Waals surface area contributed by atoms with Crippen LogP contribution in [0.5, 0.6) is 0 Å². The summed E-state index contributed by atoms with van der Waals surface area (Å²) in [5.41, 5.74) is 2.51. The SMILES string of the molecule is Cc1cc2c(cc1F)[nH]c(=S)n2C(C)C1CCCC1. The van der Waals surface area contributed by atoms with Gasteiger partial charge in [-0.15, -0.1) is 0 Å². The number of fused-ring (bicyclic) bond motifs is 1. The van der Waals surface area contributed by atoms with Crippen molar-refractivity contribution in [2.45, 2.75) is 45.6 Å². The minimum atomic E-state index is -0.176. The Balaban J connectivity index is 2.14. The summed E-state index contributed by atoms with van der Waals surface area (Å²) in [4.78, 5) is 3.14. The summed E-state index contributed by atoms with van der Waals surface area (Å²) < 4.78 is 16.5. The number of imidazole rings is 1. The lowest BCUT2D eigenvalue weighted by molar-refractivity contribution is 0.365. The normalized spacial score (nSPS) is 18.3. The maximum absolute atomic E-state index is 13.6. The summed E-state index contributed by atoms with van der Waals surface area (Å²) >= 11 is 5.44. The predicted octanol–water partition coefficient (Wildman–Crippen LogP) is 4.90. The van der Waals surface area contributed by atoms with E-state index < -0.39 is 0 Å². The van der Waals surface area contributed by atoms with Gasteiger partial charge in [-0.25, -0.2) is 4.39 Å². The molecule has 1 heterocycles. The van der Waals surface area contributed by atoms with Crippen LogP contribution in [0.3, 0.4) is 0 Å². The van der Waals surface area contributed by atoms with Gasteiger partial charge in [0.25, 0.3) is 0 Å². The van der Waals surface area contributed by atoms with Crippen LogP contribution in [0.15, 0.2) is 12.1 Å². The van der Waals surface area contributed by atoms with Crippen molar-refractivity contribution in [1.29, 1.82) is 0 Å². The average Bonchev–Trinajstić information content (AvgIpc) is 2.97. The van der Waals surface area contributed by atoms with Crippen LogP contribution < -0.4 is 0 Å². The van der Waals surface area contributed by atoms with Crippen molar-refractivity contribution in [2.75, 3.05) is 0 Å². The van der Waals surface area contributed by atoms with Crippen LogP contribution in [0, 0.1) is 23.4 Å². The van der Waals surface area contributed by atoms with E-state index >= 15 is 0 Å². The molecule has 1 fully saturated rings. The third-order valence-corrected chi connectivity index (χ3v) is 4.78. The lowest BCUT2D eigenvalue weighted by Gasteiger charge is -2.21. The topological polar surface area (TPSA) is 20.7 Å². The first-order valence-electron chi connectivity index (χ1n) is 6.98. The number of rotatable bonds is 2. The van der Waals surface area contributed by atoms with Gasteiger partial charge in [0.1, 0.15) is 5.82 Å². The fraction of sp³-hybridized carbons (Fsp3) is 0.533. The van der Waals surface area contributed by atoms with E-state index in [-0.39, 0.29) is 5.82 Å². The molecule has 1 aromatic heterocycles. The molecule has 1 aliphatic carbocycles. The molecule has 0 amide bonds. The Bertz CT molecular complexity index is 665. The van der Waals surface area contributed by atoms with Gasteiger partial charge in [0.15, 0.2) is 4.77 Å². The largest absolute Gasteiger partial charge is 0.330 e. The molecule has 2 aromatic rings. The molecule has 0 bridgehead atoms. The molecule has 2 nitrogen and oxygen atoms in total. The molecule has 0 saturated heterocycles. The van der Waals surface area contributed by atoms with Gasteiger partial charge < -0.3 is 9.55 Å². The zero-order valence-corrected chi connectivity index (χ0v) is 12.2. The van der Waals surface area contributed by atoms with Crippen molar-refractivity contribution >= 4 is 23.3 Å². The molecule has 1 N–H and O–H groups in total. The summed E-state index contributed by atoms with van der Waals surface area (Å²) in [5, 5.41) is 0. The summed E-state index contributed by atoms with van der Waals surface area (Å²) in [6.07, 6.45) is 5.18. The van der Waals surface area contributed by atoms with Crippen LogP contribution >= 0.6 is 12.2 Å². The van der Waals surface area contributed by atoms with Gasteiger partial charge in [-0.3, -0.25) is 0 Å². The second-order valence-electron chi connectivity index (χ2n) is 5.70. The molecule has 1 saturated carbocycles. The van der Waals surface area contributed by atoms with E-state index in [4.69, 9.17) is 12.2 Å². The van der Waals surface area contributed by atoms with Crippen molar-refractivity contribution in [1.82, 2.24) is 9.55 Å². The first-order valence-corrected chi connectivity index (χ1v) is 7.39. The van der Waals surface area contributed by atoms with Crippen LogP contribution in [0.4, 0.5) is 4.39 Å². The molecule has 19 heavy (non-hydrogen) atoms. The summed E-state index contributed by atoms with van der Waals surface area (Å²) in [6.45, 7) is 4.03. The Hall–Kier alpha value is -1.16. The Morgan fingerprint density at radius 2 is 2.05 bits per heavy atom. The number of nitrogens with one attached hydrogen (secondary N) is 1. The van der Waals surface area contributed by atoms with E-state index in [2.05, 4.69) is 16.5 Å². The van der Waals surface area contributed by atoms with E-state index in [1.807, 2.05) is 6.07 Å². The Morgan fingerprint density at radius 3 is 2.74 bits per heavy atom. The highest BCUT2D eigenvalue weighted by molar-refractivity contribution is 7.71. The number of hydrogen-bond donors (Lipinski definition) is 1. The molecule has 1 aromatic carbocycles. The number of aromatic nitrogens is 2. The summed E-state index contributed by atoms with van der Waals surface area (Å²) in [5.74, 6) is 0.514. The lowest BCUT2D eigenvalue weighted by Crippen LogP contribution is -2.14. The predicted molar refractivity (Wildman–Crippen MR) is 78.5 cm³/mol. The Kier molecular flexibility index (Phi) is 3.21. The quantitative estimate of drug-likeness (QED) is 0.775. The van der Waals surface area contributed by atoms with Gasteiger partial charge >= 0.3 is 0 Å². The zero-order chi connectivity index (χ0) is 13.6. The highest BCUT2D eigenvalue weighted by Gasteiger charge is 2.24. The molecular weight excluding hydrogens is 259 g/mol. The van der Waals surface area contributed by atoms with Crippen molar-refractivity contribution in [3.8, 4) is 0 Å². The number of halogens is 1. The van der Waals surface area contributed by atoms with E-state index in [0.29, 0.717) is 22.3 Å². The van der Waals surface area contributed by atoms with Crippen LogP contribution in [0.1, 0.15) is 44.2 Å². The summed E-state index contributed by atoms with van der Waals surface area (Å²) in [7, 11) is 0. The lowest BCUT2D eigenvalue weighted by atomic mass is 9.99. The molecule has 1 unspecified atom stereocenters. The highest BCUT2D eigenvalue weighted by atomic mass is 32.1. The monoisotopic (exact) mass is 278 g/mol. The number of nitrogens with zero attached hydrogens (tertiary/aromatic N) is 1. The van der Waals surface area contributed by atoms with E-state index in [0.717, 1.165) is 11.0 Å². The molecule has 4 heteroatoms. The van der Waals surface area contributed by atoms with Gasteiger partial charge in [0.2, 0.25) is 0 Å². The van der Waals surface area contributed by atoms with Crippen molar-refractivity contribution in [3.63, 3.8) is 0 Å². The maximum Gasteiger partial charge on any atom is 0.178 e. The third kappa shape index (κ3) is 2.12. The second-order valence-corrected chi connectivity index (χ2v) is 6.09. The first-order chi connectivity index (χ1) is 9.08.